The molecular weight excluding hydrogens is 130 g/mol. The highest BCUT2D eigenvalue weighted by atomic mass is 15.1. The summed E-state index contributed by atoms with van der Waals surface area (Å²) in [6.07, 6.45) is 1.20. The summed E-state index contributed by atoms with van der Waals surface area (Å²) in [4.78, 5) is 3.51. The average Bonchev–Trinajstić information content (AvgIpc) is 2.05. The molecule has 0 aliphatic carbocycles. The van der Waals surface area contributed by atoms with Crippen LogP contribution >= 0.6 is 0 Å². The van der Waals surface area contributed by atoms with E-state index in [-0.39, 0.29) is 11.5 Å². The maximum absolute atomic E-state index is 8.23. The molecule has 0 unspecified atom stereocenters. The second-order valence-electron chi connectivity index (χ2n) is 1.39. The highest BCUT2D eigenvalue weighted by Crippen LogP contribution is 1.85. The van der Waals surface area contributed by atoms with Gasteiger partial charge in [-0.3, -0.25) is 0 Å². The Morgan fingerprint density at radius 1 is 1.20 bits per heavy atom. The highest BCUT2D eigenvalue weighted by molar-refractivity contribution is 5.16. The quantitative estimate of drug-likeness (QED) is 0.478. The van der Waals surface area contributed by atoms with Gasteiger partial charge in [-0.05, 0) is 0 Å². The van der Waals surface area contributed by atoms with Crippen molar-refractivity contribution in [1.29, 1.82) is 10.5 Å². The van der Waals surface area contributed by atoms with E-state index in [4.69, 9.17) is 10.5 Å². The summed E-state index contributed by atoms with van der Waals surface area (Å²) < 4.78 is 0. The minimum atomic E-state index is -0.0287. The summed E-state index contributed by atoms with van der Waals surface area (Å²) in [5.74, 6) is -0.0287. The lowest BCUT2D eigenvalue weighted by Gasteiger charge is -1.83. The van der Waals surface area contributed by atoms with Crippen LogP contribution in [0, 0.1) is 22.7 Å². The first kappa shape index (κ1) is 6.12. The summed E-state index contributed by atoms with van der Waals surface area (Å²) in [7, 11) is 0. The molecule has 0 bridgehead atoms. The van der Waals surface area contributed by atoms with Gasteiger partial charge in [-0.2, -0.15) is 10.5 Å². The molecule has 1 aromatic rings. The van der Waals surface area contributed by atoms with Crippen LogP contribution in [0.1, 0.15) is 11.5 Å². The van der Waals surface area contributed by atoms with Gasteiger partial charge in [-0.15, -0.1) is 10.2 Å². The second kappa shape index (κ2) is 2.51. The minimum Gasteiger partial charge on any atom is -0.223 e. The molecule has 0 aliphatic heterocycles. The third-order valence-electron chi connectivity index (χ3n) is 0.776. The van der Waals surface area contributed by atoms with E-state index >= 15 is 0 Å². The maximum atomic E-state index is 8.23. The molecule has 1 heterocycles. The number of hydrogen-bond donors (Lipinski definition) is 0. The number of nitriles is 2. The lowest BCUT2D eigenvalue weighted by molar-refractivity contribution is 0.925. The van der Waals surface area contributed by atoms with Crippen molar-refractivity contribution in [2.45, 2.75) is 0 Å². The van der Waals surface area contributed by atoms with Gasteiger partial charge in [0.25, 0.3) is 5.82 Å². The standard InChI is InChI=1S/C5HN5/c6-1-4-3-8-5(2-7)10-9-4/h3H. The maximum Gasteiger partial charge on any atom is 0.252 e. The van der Waals surface area contributed by atoms with E-state index in [1.807, 2.05) is 0 Å². The van der Waals surface area contributed by atoms with Crippen molar-refractivity contribution in [3.05, 3.63) is 17.7 Å². The van der Waals surface area contributed by atoms with Crippen molar-refractivity contribution >= 4 is 0 Å². The van der Waals surface area contributed by atoms with E-state index < -0.39 is 0 Å². The Hall–Kier alpha value is -2.01. The number of hydrogen-bond acceptors (Lipinski definition) is 5. The molecule has 0 aromatic carbocycles. The monoisotopic (exact) mass is 131 g/mol. The first-order valence-corrected chi connectivity index (χ1v) is 2.36. The molecule has 0 atom stereocenters. The molecule has 0 saturated heterocycles. The fourth-order valence-electron chi connectivity index (χ4n) is 0.378. The average molecular weight is 131 g/mol. The zero-order chi connectivity index (χ0) is 7.40. The Morgan fingerprint density at radius 2 is 2.00 bits per heavy atom. The molecule has 0 amide bonds. The summed E-state index contributed by atoms with van der Waals surface area (Å²) in [5.41, 5.74) is 0.110. The topological polar surface area (TPSA) is 86.2 Å². The van der Waals surface area contributed by atoms with Crippen molar-refractivity contribution in [2.24, 2.45) is 0 Å². The molecule has 0 spiro atoms. The van der Waals surface area contributed by atoms with Gasteiger partial charge in [0.15, 0.2) is 5.69 Å². The van der Waals surface area contributed by atoms with Gasteiger partial charge in [0.05, 0.1) is 6.20 Å². The summed E-state index contributed by atoms with van der Waals surface area (Å²) in [5, 5.41) is 23.1. The van der Waals surface area contributed by atoms with Gasteiger partial charge >= 0.3 is 0 Å². The smallest absolute Gasteiger partial charge is 0.223 e. The predicted octanol–water partition coefficient (Wildman–Crippen LogP) is -0.385. The van der Waals surface area contributed by atoms with Gasteiger partial charge in [-0.25, -0.2) is 4.98 Å². The Labute approximate surface area is 56.6 Å². The molecule has 10 heavy (non-hydrogen) atoms. The molecule has 5 heteroatoms. The van der Waals surface area contributed by atoms with Crippen molar-refractivity contribution in [1.82, 2.24) is 15.2 Å². The Balaban J connectivity index is 3.08. The van der Waals surface area contributed by atoms with Gasteiger partial charge < -0.3 is 0 Å². The van der Waals surface area contributed by atoms with Gasteiger partial charge in [0.1, 0.15) is 12.1 Å². The van der Waals surface area contributed by atoms with E-state index in [9.17, 15) is 0 Å². The molecule has 1 rings (SSSR count). The van der Waals surface area contributed by atoms with Crippen LogP contribution in [0.2, 0.25) is 0 Å². The fourth-order valence-corrected chi connectivity index (χ4v) is 0.378. The minimum absolute atomic E-state index is 0.0287. The van der Waals surface area contributed by atoms with Crippen LogP contribution in [-0.2, 0) is 0 Å². The first-order chi connectivity index (χ1) is 4.86. The van der Waals surface area contributed by atoms with Gasteiger partial charge in [0, 0.05) is 0 Å². The van der Waals surface area contributed by atoms with E-state index in [2.05, 4.69) is 15.2 Å². The van der Waals surface area contributed by atoms with Gasteiger partial charge in [-0.1, -0.05) is 0 Å². The van der Waals surface area contributed by atoms with E-state index in [0.29, 0.717) is 0 Å². The largest absolute Gasteiger partial charge is 0.252 e. The Kier molecular flexibility index (Phi) is 1.54. The molecule has 0 aliphatic rings. The lowest BCUT2D eigenvalue weighted by atomic mass is 10.5. The molecule has 0 saturated carbocycles. The predicted molar refractivity (Wildman–Crippen MR) is 29.3 cm³/mol. The van der Waals surface area contributed by atoms with Crippen LogP contribution in [-0.4, -0.2) is 15.2 Å². The molecule has 0 fully saturated rings. The molecule has 5 nitrogen and oxygen atoms in total. The molecule has 1 aromatic heterocycles. The number of rotatable bonds is 0. The van der Waals surface area contributed by atoms with Crippen LogP contribution < -0.4 is 0 Å². The molecular formula is C5HN5. The first-order valence-electron chi connectivity index (χ1n) is 2.36. The van der Waals surface area contributed by atoms with Crippen LogP contribution in [0.25, 0.3) is 0 Å². The summed E-state index contributed by atoms with van der Waals surface area (Å²) >= 11 is 0. The molecule has 46 valence electrons. The van der Waals surface area contributed by atoms with E-state index in [1.54, 1.807) is 12.1 Å². The van der Waals surface area contributed by atoms with Crippen LogP contribution in [0.15, 0.2) is 6.20 Å². The molecule has 0 radical (unpaired) electrons. The van der Waals surface area contributed by atoms with Crippen molar-refractivity contribution in [2.75, 3.05) is 0 Å². The van der Waals surface area contributed by atoms with E-state index in [0.717, 1.165) is 0 Å². The SMILES string of the molecule is N#Cc1cnc(C#N)nn1. The van der Waals surface area contributed by atoms with E-state index in [1.165, 1.54) is 6.20 Å². The van der Waals surface area contributed by atoms with Gasteiger partial charge in [0.2, 0.25) is 0 Å². The lowest BCUT2D eigenvalue weighted by Crippen LogP contribution is -1.93. The summed E-state index contributed by atoms with van der Waals surface area (Å²) in [6.45, 7) is 0. The number of aromatic nitrogens is 3. The normalized spacial score (nSPS) is 7.80. The van der Waals surface area contributed by atoms with Crippen LogP contribution in [0.3, 0.4) is 0 Å². The van der Waals surface area contributed by atoms with Crippen LogP contribution in [0.4, 0.5) is 0 Å². The highest BCUT2D eigenvalue weighted by Gasteiger charge is 1.93. The zero-order valence-electron chi connectivity index (χ0n) is 4.81. The third-order valence-corrected chi connectivity index (χ3v) is 0.776. The third kappa shape index (κ3) is 1.04. The Bertz CT molecular complexity index is 267. The zero-order valence-corrected chi connectivity index (χ0v) is 4.81. The summed E-state index contributed by atoms with van der Waals surface area (Å²) in [6, 6.07) is 3.42. The van der Waals surface area contributed by atoms with Crippen LogP contribution in [0.5, 0.6) is 0 Å². The molecule has 0 N–H and O–H groups in total. The van der Waals surface area contributed by atoms with Crippen molar-refractivity contribution in [3.8, 4) is 12.1 Å². The second-order valence-corrected chi connectivity index (χ2v) is 1.39. The Morgan fingerprint density at radius 3 is 2.40 bits per heavy atom. The fraction of sp³-hybridized carbons (Fsp3) is 0. The van der Waals surface area contributed by atoms with Crippen molar-refractivity contribution in [3.63, 3.8) is 0 Å². The van der Waals surface area contributed by atoms with Crippen molar-refractivity contribution < 1.29 is 0 Å². The number of nitrogens with zero attached hydrogens (tertiary/aromatic N) is 5.